The highest BCUT2D eigenvalue weighted by molar-refractivity contribution is 5.57. The van der Waals surface area contributed by atoms with E-state index in [-0.39, 0.29) is 23.5 Å². The van der Waals surface area contributed by atoms with Gasteiger partial charge in [-0.25, -0.2) is 4.39 Å². The molecule has 1 N–H and O–H groups in total. The van der Waals surface area contributed by atoms with Gasteiger partial charge in [0.15, 0.2) is 0 Å². The minimum atomic E-state index is -0.587. The Hall–Kier alpha value is -3.40. The van der Waals surface area contributed by atoms with Gasteiger partial charge in [0.1, 0.15) is 17.6 Å². The van der Waals surface area contributed by atoms with Gasteiger partial charge in [0.25, 0.3) is 0 Å². The fourth-order valence-corrected chi connectivity index (χ4v) is 2.32. The van der Waals surface area contributed by atoms with Gasteiger partial charge < -0.3 is 14.5 Å². The average molecular weight is 338 g/mol. The third kappa shape index (κ3) is 3.58. The Morgan fingerprint density at radius 1 is 1.24 bits per heavy atom. The van der Waals surface area contributed by atoms with E-state index in [2.05, 4.69) is 15.5 Å². The quantitative estimate of drug-likeness (QED) is 0.759. The van der Waals surface area contributed by atoms with Crippen LogP contribution in [0.25, 0.3) is 11.5 Å². The minimum Gasteiger partial charge on any atom is -0.497 e. The highest BCUT2D eigenvalue weighted by Crippen LogP contribution is 2.25. The zero-order chi connectivity index (χ0) is 17.8. The second-order valence-electron chi connectivity index (χ2n) is 5.36. The second-order valence-corrected chi connectivity index (χ2v) is 5.36. The van der Waals surface area contributed by atoms with E-state index in [9.17, 15) is 4.39 Å². The molecule has 0 saturated heterocycles. The Kier molecular flexibility index (Phi) is 4.61. The summed E-state index contributed by atoms with van der Waals surface area (Å²) in [5, 5.41) is 19.9. The molecule has 1 aromatic heterocycles. The number of hydrogen-bond donors (Lipinski definition) is 1. The number of nitrogens with one attached hydrogen (secondary N) is 1. The molecule has 6 nitrogen and oxygen atoms in total. The molecule has 3 rings (SSSR count). The van der Waals surface area contributed by atoms with Crippen LogP contribution in [0.5, 0.6) is 5.75 Å². The molecule has 7 heteroatoms. The molecule has 126 valence electrons. The summed E-state index contributed by atoms with van der Waals surface area (Å²) in [5.74, 6) is 0.375. The van der Waals surface area contributed by atoms with Gasteiger partial charge in [0, 0.05) is 5.56 Å². The molecule has 0 aliphatic heterocycles. The molecule has 0 unspecified atom stereocenters. The molecular weight excluding hydrogens is 323 g/mol. The van der Waals surface area contributed by atoms with E-state index in [1.807, 2.05) is 31.2 Å². The van der Waals surface area contributed by atoms with E-state index in [0.717, 1.165) is 11.3 Å². The fourth-order valence-electron chi connectivity index (χ4n) is 2.32. The third-order valence-electron chi connectivity index (χ3n) is 3.69. The van der Waals surface area contributed by atoms with Crippen molar-refractivity contribution < 1.29 is 13.5 Å². The van der Waals surface area contributed by atoms with Crippen LogP contribution in [0, 0.1) is 17.1 Å². The van der Waals surface area contributed by atoms with E-state index in [1.54, 1.807) is 13.2 Å². The van der Waals surface area contributed by atoms with Gasteiger partial charge in [-0.15, -0.1) is 5.10 Å². The fraction of sp³-hybridized carbons (Fsp3) is 0.167. The SMILES string of the molecule is COc1cccc([C@@H](C)Nc2nnc(-c3ccc(F)c(C#N)c3)o2)c1. The van der Waals surface area contributed by atoms with Crippen molar-refractivity contribution in [2.45, 2.75) is 13.0 Å². The Labute approximate surface area is 143 Å². The number of nitriles is 1. The molecule has 25 heavy (non-hydrogen) atoms. The van der Waals surface area contributed by atoms with Crippen molar-refractivity contribution in [1.82, 2.24) is 10.2 Å². The van der Waals surface area contributed by atoms with E-state index in [4.69, 9.17) is 14.4 Å². The topological polar surface area (TPSA) is 84.0 Å². The molecule has 1 heterocycles. The smallest absolute Gasteiger partial charge is 0.316 e. The first kappa shape index (κ1) is 16.5. The summed E-state index contributed by atoms with van der Waals surface area (Å²) in [5.41, 5.74) is 1.40. The molecule has 0 aliphatic rings. The van der Waals surface area contributed by atoms with Gasteiger partial charge in [-0.1, -0.05) is 17.2 Å². The van der Waals surface area contributed by atoms with Crippen LogP contribution in [-0.4, -0.2) is 17.3 Å². The van der Waals surface area contributed by atoms with Gasteiger partial charge in [-0.2, -0.15) is 5.26 Å². The Morgan fingerprint density at radius 2 is 2.08 bits per heavy atom. The van der Waals surface area contributed by atoms with Crippen molar-refractivity contribution in [3.63, 3.8) is 0 Å². The predicted molar refractivity (Wildman–Crippen MR) is 89.4 cm³/mol. The zero-order valence-electron chi connectivity index (χ0n) is 13.7. The van der Waals surface area contributed by atoms with E-state index in [1.165, 1.54) is 18.2 Å². The summed E-state index contributed by atoms with van der Waals surface area (Å²) in [7, 11) is 1.61. The van der Waals surface area contributed by atoms with Gasteiger partial charge in [-0.05, 0) is 42.8 Å². The molecule has 1 atom stereocenters. The molecule has 0 fully saturated rings. The number of halogens is 1. The van der Waals surface area contributed by atoms with Crippen molar-refractivity contribution in [3.8, 4) is 23.3 Å². The number of nitrogens with zero attached hydrogens (tertiary/aromatic N) is 3. The first-order chi connectivity index (χ1) is 12.1. The number of rotatable bonds is 5. The van der Waals surface area contributed by atoms with Crippen LogP contribution in [0.4, 0.5) is 10.4 Å². The summed E-state index contributed by atoms with van der Waals surface area (Å²) in [4.78, 5) is 0. The lowest BCUT2D eigenvalue weighted by molar-refractivity contribution is 0.414. The summed E-state index contributed by atoms with van der Waals surface area (Å²) in [6.07, 6.45) is 0. The van der Waals surface area contributed by atoms with Gasteiger partial charge in [0.2, 0.25) is 5.89 Å². The lowest BCUT2D eigenvalue weighted by Crippen LogP contribution is -2.06. The molecule has 0 radical (unpaired) electrons. The molecular formula is C18H15FN4O2. The maximum absolute atomic E-state index is 13.4. The van der Waals surface area contributed by atoms with Crippen LogP contribution >= 0.6 is 0 Å². The normalized spacial score (nSPS) is 11.6. The molecule has 2 aromatic carbocycles. The van der Waals surface area contributed by atoms with Crippen LogP contribution in [-0.2, 0) is 0 Å². The summed E-state index contributed by atoms with van der Waals surface area (Å²) in [6, 6.07) is 13.6. The van der Waals surface area contributed by atoms with Gasteiger partial charge in [-0.3, -0.25) is 0 Å². The Balaban J connectivity index is 1.78. The van der Waals surface area contributed by atoms with E-state index >= 15 is 0 Å². The number of benzene rings is 2. The van der Waals surface area contributed by atoms with Crippen molar-refractivity contribution in [2.24, 2.45) is 0 Å². The largest absolute Gasteiger partial charge is 0.497 e. The van der Waals surface area contributed by atoms with Crippen LogP contribution in [0.3, 0.4) is 0 Å². The first-order valence-electron chi connectivity index (χ1n) is 7.54. The molecule has 0 saturated carbocycles. The molecule has 3 aromatic rings. The van der Waals surface area contributed by atoms with Crippen LogP contribution < -0.4 is 10.1 Å². The minimum absolute atomic E-state index is 0.0741. The lowest BCUT2D eigenvalue weighted by atomic mass is 10.1. The lowest BCUT2D eigenvalue weighted by Gasteiger charge is -2.13. The highest BCUT2D eigenvalue weighted by Gasteiger charge is 2.14. The summed E-state index contributed by atoms with van der Waals surface area (Å²) in [6.45, 7) is 1.95. The molecule has 0 bridgehead atoms. The molecule has 0 amide bonds. The zero-order valence-corrected chi connectivity index (χ0v) is 13.7. The number of aromatic nitrogens is 2. The van der Waals surface area contributed by atoms with Crippen LogP contribution in [0.1, 0.15) is 24.1 Å². The van der Waals surface area contributed by atoms with Crippen molar-refractivity contribution in [3.05, 3.63) is 59.4 Å². The first-order valence-corrected chi connectivity index (χ1v) is 7.54. The van der Waals surface area contributed by atoms with Gasteiger partial charge in [0.05, 0.1) is 18.7 Å². The number of hydrogen-bond acceptors (Lipinski definition) is 6. The predicted octanol–water partition coefficient (Wildman–Crippen LogP) is 3.93. The molecule has 0 aliphatic carbocycles. The van der Waals surface area contributed by atoms with Crippen molar-refractivity contribution in [2.75, 3.05) is 12.4 Å². The molecule has 0 spiro atoms. The van der Waals surface area contributed by atoms with Crippen molar-refractivity contribution in [1.29, 1.82) is 5.26 Å². The summed E-state index contributed by atoms with van der Waals surface area (Å²) >= 11 is 0. The third-order valence-corrected chi connectivity index (χ3v) is 3.69. The van der Waals surface area contributed by atoms with E-state index < -0.39 is 5.82 Å². The number of anilines is 1. The van der Waals surface area contributed by atoms with Gasteiger partial charge >= 0.3 is 6.01 Å². The van der Waals surface area contributed by atoms with E-state index in [0.29, 0.717) is 5.56 Å². The average Bonchev–Trinajstić information content (AvgIpc) is 3.10. The number of ether oxygens (including phenoxy) is 1. The standard InChI is InChI=1S/C18H15FN4O2/c1-11(12-4-3-5-15(9-12)24-2)21-18-23-22-17(25-18)13-6-7-16(19)14(8-13)10-20/h3-9,11H,1-2H3,(H,21,23)/t11-/m1/s1. The number of methoxy groups -OCH3 is 1. The Morgan fingerprint density at radius 3 is 2.84 bits per heavy atom. The van der Waals surface area contributed by atoms with Crippen LogP contribution in [0.15, 0.2) is 46.9 Å². The van der Waals surface area contributed by atoms with Crippen LogP contribution in [0.2, 0.25) is 0 Å². The van der Waals surface area contributed by atoms with Crippen molar-refractivity contribution >= 4 is 6.01 Å². The highest BCUT2D eigenvalue weighted by atomic mass is 19.1. The maximum Gasteiger partial charge on any atom is 0.316 e. The second kappa shape index (κ2) is 7.01. The summed E-state index contributed by atoms with van der Waals surface area (Å²) < 4.78 is 24.2. The maximum atomic E-state index is 13.4. The Bertz CT molecular complexity index is 933. The monoisotopic (exact) mass is 338 g/mol.